The highest BCUT2D eigenvalue weighted by atomic mass is 16.5. The maximum Gasteiger partial charge on any atom is 0.260 e. The lowest BCUT2D eigenvalue weighted by molar-refractivity contribution is -0.137. The molecule has 5 nitrogen and oxygen atoms in total. The van der Waals surface area contributed by atoms with Crippen LogP contribution in [0.15, 0.2) is 42.5 Å². The zero-order valence-corrected chi connectivity index (χ0v) is 18.6. The lowest BCUT2D eigenvalue weighted by Crippen LogP contribution is -2.45. The van der Waals surface area contributed by atoms with E-state index >= 15 is 0 Å². The number of benzene rings is 2. The molecule has 0 aliphatic carbocycles. The maximum absolute atomic E-state index is 13.1. The second-order valence-electron chi connectivity index (χ2n) is 8.68. The highest BCUT2D eigenvalue weighted by Gasteiger charge is 2.28. The highest BCUT2D eigenvalue weighted by molar-refractivity contribution is 5.97. The van der Waals surface area contributed by atoms with Crippen LogP contribution >= 0.6 is 0 Å². The first-order valence-corrected chi connectivity index (χ1v) is 11.5. The van der Waals surface area contributed by atoms with Crippen molar-refractivity contribution in [3.63, 3.8) is 0 Å². The molecule has 1 saturated heterocycles. The van der Waals surface area contributed by atoms with Crippen molar-refractivity contribution in [3.05, 3.63) is 64.7 Å². The monoisotopic (exact) mass is 420 g/mol. The van der Waals surface area contributed by atoms with Crippen LogP contribution in [-0.4, -0.2) is 47.4 Å². The van der Waals surface area contributed by atoms with Crippen LogP contribution in [0.2, 0.25) is 0 Å². The van der Waals surface area contributed by atoms with Gasteiger partial charge in [-0.2, -0.15) is 0 Å². The van der Waals surface area contributed by atoms with E-state index < -0.39 is 0 Å². The Balaban J connectivity index is 1.44. The lowest BCUT2D eigenvalue weighted by Gasteiger charge is -2.35. The third kappa shape index (κ3) is 4.76. The van der Waals surface area contributed by atoms with Gasteiger partial charge in [-0.1, -0.05) is 42.8 Å². The molecule has 1 atom stereocenters. The van der Waals surface area contributed by atoms with Gasteiger partial charge in [0.05, 0.1) is 0 Å². The smallest absolute Gasteiger partial charge is 0.260 e. The molecule has 0 radical (unpaired) electrons. The van der Waals surface area contributed by atoms with Crippen LogP contribution in [0.1, 0.15) is 59.7 Å². The average Bonchev–Trinajstić information content (AvgIpc) is 2.79. The van der Waals surface area contributed by atoms with Crippen LogP contribution < -0.4 is 4.74 Å². The molecule has 0 N–H and O–H groups in total. The molecule has 2 aliphatic heterocycles. The molecule has 0 saturated carbocycles. The Labute approximate surface area is 185 Å². The summed E-state index contributed by atoms with van der Waals surface area (Å²) in [6.07, 6.45) is 5.05. The van der Waals surface area contributed by atoms with Crippen LogP contribution in [-0.2, 0) is 17.8 Å². The number of hydrogen-bond acceptors (Lipinski definition) is 3. The van der Waals surface area contributed by atoms with E-state index in [-0.39, 0.29) is 18.4 Å². The van der Waals surface area contributed by atoms with Crippen molar-refractivity contribution in [2.75, 3.05) is 19.7 Å². The fourth-order valence-corrected chi connectivity index (χ4v) is 4.84. The topological polar surface area (TPSA) is 49.9 Å². The van der Waals surface area contributed by atoms with Crippen LogP contribution in [0.3, 0.4) is 0 Å². The number of rotatable bonds is 6. The minimum absolute atomic E-state index is 0.0293. The van der Waals surface area contributed by atoms with Gasteiger partial charge in [0.1, 0.15) is 5.75 Å². The number of hydrogen-bond donors (Lipinski definition) is 0. The number of piperidine rings is 1. The van der Waals surface area contributed by atoms with Crippen molar-refractivity contribution in [2.45, 2.75) is 58.5 Å². The van der Waals surface area contributed by atoms with Crippen LogP contribution in [0, 0.1) is 6.92 Å². The minimum atomic E-state index is 0.0293. The van der Waals surface area contributed by atoms with E-state index in [9.17, 15) is 9.59 Å². The Morgan fingerprint density at radius 3 is 2.77 bits per heavy atom. The SMILES string of the molecule is CCC1CCCCN1C(=O)COc1cccc2c1CCN(Cc1cccc(C)c1)C2=O. The van der Waals surface area contributed by atoms with Crippen molar-refractivity contribution in [1.29, 1.82) is 0 Å². The van der Waals surface area contributed by atoms with Crippen molar-refractivity contribution in [2.24, 2.45) is 0 Å². The maximum atomic E-state index is 13.1. The number of nitrogens with zero attached hydrogens (tertiary/aromatic N) is 2. The summed E-state index contributed by atoms with van der Waals surface area (Å²) in [4.78, 5) is 29.8. The number of aryl methyl sites for hydroxylation is 1. The molecule has 5 heteroatoms. The molecular formula is C26H32N2O3. The molecule has 2 heterocycles. The van der Waals surface area contributed by atoms with E-state index in [4.69, 9.17) is 4.74 Å². The molecule has 2 aromatic rings. The van der Waals surface area contributed by atoms with Gasteiger partial charge in [-0.05, 0) is 56.7 Å². The molecule has 2 aromatic carbocycles. The highest BCUT2D eigenvalue weighted by Crippen LogP contribution is 2.29. The molecule has 1 fully saturated rings. The van der Waals surface area contributed by atoms with Gasteiger partial charge in [0, 0.05) is 36.8 Å². The Hall–Kier alpha value is -2.82. The van der Waals surface area contributed by atoms with E-state index in [0.29, 0.717) is 30.4 Å². The average molecular weight is 421 g/mol. The molecule has 2 amide bonds. The Morgan fingerprint density at radius 1 is 1.13 bits per heavy atom. The summed E-state index contributed by atoms with van der Waals surface area (Å²) in [6, 6.07) is 14.2. The summed E-state index contributed by atoms with van der Waals surface area (Å²) in [5.74, 6) is 0.744. The summed E-state index contributed by atoms with van der Waals surface area (Å²) in [7, 11) is 0. The van der Waals surface area contributed by atoms with Gasteiger partial charge in [0.25, 0.3) is 11.8 Å². The first kappa shape index (κ1) is 21.4. The second kappa shape index (κ2) is 9.54. The van der Waals surface area contributed by atoms with Crippen molar-refractivity contribution < 1.29 is 14.3 Å². The van der Waals surface area contributed by atoms with E-state index in [1.165, 1.54) is 12.0 Å². The van der Waals surface area contributed by atoms with Crippen LogP contribution in [0.25, 0.3) is 0 Å². The second-order valence-corrected chi connectivity index (χ2v) is 8.68. The number of ether oxygens (including phenoxy) is 1. The summed E-state index contributed by atoms with van der Waals surface area (Å²) in [6.45, 7) is 6.32. The van der Waals surface area contributed by atoms with Crippen LogP contribution in [0.5, 0.6) is 5.75 Å². The largest absolute Gasteiger partial charge is 0.483 e. The molecule has 0 bridgehead atoms. The van der Waals surface area contributed by atoms with Crippen molar-refractivity contribution in [3.8, 4) is 5.75 Å². The summed E-state index contributed by atoms with van der Waals surface area (Å²) < 4.78 is 5.97. The van der Waals surface area contributed by atoms with Gasteiger partial charge in [-0.15, -0.1) is 0 Å². The van der Waals surface area contributed by atoms with Gasteiger partial charge >= 0.3 is 0 Å². The van der Waals surface area contributed by atoms with E-state index in [2.05, 4.69) is 32.0 Å². The van der Waals surface area contributed by atoms with Gasteiger partial charge in [0.2, 0.25) is 0 Å². The van der Waals surface area contributed by atoms with Gasteiger partial charge < -0.3 is 14.5 Å². The molecule has 4 rings (SSSR count). The quantitative estimate of drug-likeness (QED) is 0.698. The molecule has 0 spiro atoms. The van der Waals surface area contributed by atoms with E-state index in [1.807, 2.05) is 34.1 Å². The normalized spacial score (nSPS) is 18.6. The summed E-state index contributed by atoms with van der Waals surface area (Å²) >= 11 is 0. The predicted molar refractivity (Wildman–Crippen MR) is 121 cm³/mol. The Bertz CT molecular complexity index is 955. The van der Waals surface area contributed by atoms with E-state index in [1.54, 1.807) is 0 Å². The van der Waals surface area contributed by atoms with Gasteiger partial charge in [0.15, 0.2) is 6.61 Å². The third-order valence-corrected chi connectivity index (χ3v) is 6.51. The molecule has 164 valence electrons. The molecule has 2 aliphatic rings. The zero-order chi connectivity index (χ0) is 21.8. The summed E-state index contributed by atoms with van der Waals surface area (Å²) in [5, 5.41) is 0. The Morgan fingerprint density at radius 2 is 1.97 bits per heavy atom. The number of fused-ring (bicyclic) bond motifs is 1. The zero-order valence-electron chi connectivity index (χ0n) is 18.6. The third-order valence-electron chi connectivity index (χ3n) is 6.51. The van der Waals surface area contributed by atoms with Crippen LogP contribution in [0.4, 0.5) is 0 Å². The van der Waals surface area contributed by atoms with Gasteiger partial charge in [-0.25, -0.2) is 0 Å². The number of amides is 2. The first-order chi connectivity index (χ1) is 15.1. The fraction of sp³-hybridized carbons (Fsp3) is 0.462. The number of carbonyl (C=O) groups excluding carboxylic acids is 2. The van der Waals surface area contributed by atoms with Crippen molar-refractivity contribution >= 4 is 11.8 Å². The van der Waals surface area contributed by atoms with Gasteiger partial charge in [-0.3, -0.25) is 9.59 Å². The molecule has 31 heavy (non-hydrogen) atoms. The fourth-order valence-electron chi connectivity index (χ4n) is 4.84. The first-order valence-electron chi connectivity index (χ1n) is 11.5. The molecular weight excluding hydrogens is 388 g/mol. The number of carbonyl (C=O) groups is 2. The minimum Gasteiger partial charge on any atom is -0.483 e. The summed E-state index contributed by atoms with van der Waals surface area (Å²) in [5.41, 5.74) is 3.95. The standard InChI is InChI=1S/C26H32N2O3/c1-3-21-10-4-5-14-28(21)25(29)18-31-24-12-7-11-23-22(24)13-15-27(26(23)30)17-20-9-6-8-19(2)16-20/h6-9,11-12,16,21H,3-5,10,13-15,17-18H2,1-2H3. The lowest BCUT2D eigenvalue weighted by atomic mass is 9.97. The predicted octanol–water partition coefficient (Wildman–Crippen LogP) is 4.36. The Kier molecular flexibility index (Phi) is 6.59. The van der Waals surface area contributed by atoms with Crippen molar-refractivity contribution in [1.82, 2.24) is 9.80 Å². The number of likely N-dealkylation sites (tertiary alicyclic amines) is 1. The molecule has 0 aromatic heterocycles. The van der Waals surface area contributed by atoms with E-state index in [0.717, 1.165) is 43.4 Å². The molecule has 1 unspecified atom stereocenters.